The number of H-pyrrole nitrogens is 1. The number of para-hydroxylation sites is 1. The van der Waals surface area contributed by atoms with Crippen molar-refractivity contribution in [3.05, 3.63) is 53.3 Å². The maximum Gasteiger partial charge on any atom is 0.264 e. The van der Waals surface area contributed by atoms with Gasteiger partial charge >= 0.3 is 0 Å². The molecule has 0 radical (unpaired) electrons. The van der Waals surface area contributed by atoms with Crippen LogP contribution in [0.1, 0.15) is 0 Å². The Labute approximate surface area is 124 Å². The standard InChI is InChI=1S/C13H9ClFN3O2S/c14-10-6-5-8(15)7-12(10)21(19,20)18-13-9-3-1-2-4-11(9)16-17-13/h1-7H,(H2,16,17,18). The molecule has 1 heterocycles. The van der Waals surface area contributed by atoms with Crippen molar-refractivity contribution < 1.29 is 12.8 Å². The van der Waals surface area contributed by atoms with Crippen LogP contribution < -0.4 is 4.72 Å². The Morgan fingerprint density at radius 2 is 1.95 bits per heavy atom. The minimum atomic E-state index is -4.03. The quantitative estimate of drug-likeness (QED) is 0.776. The summed E-state index contributed by atoms with van der Waals surface area (Å²) in [6.07, 6.45) is 0. The Kier molecular flexibility index (Phi) is 3.30. The molecule has 21 heavy (non-hydrogen) atoms. The average Bonchev–Trinajstić information content (AvgIpc) is 2.84. The number of hydrogen-bond acceptors (Lipinski definition) is 3. The van der Waals surface area contributed by atoms with Gasteiger partial charge in [-0.2, -0.15) is 5.10 Å². The molecule has 3 rings (SSSR count). The second-order valence-corrected chi connectivity index (χ2v) is 6.36. The topological polar surface area (TPSA) is 74.8 Å². The molecule has 108 valence electrons. The van der Waals surface area contributed by atoms with Gasteiger partial charge in [0.15, 0.2) is 5.82 Å². The highest BCUT2D eigenvalue weighted by Gasteiger charge is 2.21. The molecular formula is C13H9ClFN3O2S. The van der Waals surface area contributed by atoms with E-state index in [2.05, 4.69) is 14.9 Å². The van der Waals surface area contributed by atoms with Gasteiger partial charge < -0.3 is 0 Å². The number of benzene rings is 2. The zero-order valence-electron chi connectivity index (χ0n) is 10.5. The van der Waals surface area contributed by atoms with Crippen LogP contribution in [0.15, 0.2) is 47.4 Å². The van der Waals surface area contributed by atoms with Gasteiger partial charge in [-0.3, -0.25) is 9.82 Å². The minimum Gasteiger partial charge on any atom is -0.276 e. The van der Waals surface area contributed by atoms with Crippen LogP contribution in [0.5, 0.6) is 0 Å². The maximum absolute atomic E-state index is 13.2. The highest BCUT2D eigenvalue weighted by atomic mass is 35.5. The summed E-state index contributed by atoms with van der Waals surface area (Å²) in [5, 5.41) is 7.15. The van der Waals surface area contributed by atoms with Crippen LogP contribution in [-0.2, 0) is 10.0 Å². The third kappa shape index (κ3) is 2.57. The third-order valence-electron chi connectivity index (χ3n) is 2.88. The summed E-state index contributed by atoms with van der Waals surface area (Å²) in [5.74, 6) is -0.558. The van der Waals surface area contributed by atoms with Crippen LogP contribution in [0.4, 0.5) is 10.2 Å². The molecule has 0 aliphatic rings. The predicted molar refractivity (Wildman–Crippen MR) is 78.3 cm³/mol. The second kappa shape index (κ2) is 5.01. The van der Waals surface area contributed by atoms with Crippen molar-refractivity contribution in [1.29, 1.82) is 0 Å². The molecule has 8 heteroatoms. The van der Waals surface area contributed by atoms with E-state index >= 15 is 0 Å². The van der Waals surface area contributed by atoms with E-state index in [9.17, 15) is 12.8 Å². The monoisotopic (exact) mass is 325 g/mol. The Morgan fingerprint density at radius 3 is 2.76 bits per heavy atom. The predicted octanol–water partition coefficient (Wildman–Crippen LogP) is 3.16. The van der Waals surface area contributed by atoms with Crippen molar-refractivity contribution in [2.45, 2.75) is 4.90 Å². The fraction of sp³-hybridized carbons (Fsp3) is 0. The lowest BCUT2D eigenvalue weighted by Crippen LogP contribution is -2.14. The molecule has 2 aromatic carbocycles. The summed E-state index contributed by atoms with van der Waals surface area (Å²) >= 11 is 5.83. The first-order valence-electron chi connectivity index (χ1n) is 5.88. The van der Waals surface area contributed by atoms with Crippen LogP contribution in [0.3, 0.4) is 0 Å². The van der Waals surface area contributed by atoms with E-state index < -0.39 is 15.8 Å². The van der Waals surface area contributed by atoms with Gasteiger partial charge in [0.05, 0.1) is 10.5 Å². The van der Waals surface area contributed by atoms with Crippen LogP contribution in [0, 0.1) is 5.82 Å². The Hall–Kier alpha value is -2.12. The number of anilines is 1. The van der Waals surface area contributed by atoms with Crippen molar-refractivity contribution in [3.63, 3.8) is 0 Å². The summed E-state index contributed by atoms with van der Waals surface area (Å²) in [5.41, 5.74) is 0.681. The van der Waals surface area contributed by atoms with Gasteiger partial charge in [0.2, 0.25) is 0 Å². The summed E-state index contributed by atoms with van der Waals surface area (Å²) in [4.78, 5) is -0.337. The molecule has 5 nitrogen and oxygen atoms in total. The molecule has 0 aliphatic heterocycles. The van der Waals surface area contributed by atoms with Gasteiger partial charge in [0, 0.05) is 5.39 Å². The molecule has 2 N–H and O–H groups in total. The van der Waals surface area contributed by atoms with Crippen LogP contribution in [0.2, 0.25) is 5.02 Å². The van der Waals surface area contributed by atoms with Gasteiger partial charge in [0.25, 0.3) is 10.0 Å². The number of aromatic nitrogens is 2. The first-order valence-corrected chi connectivity index (χ1v) is 7.74. The zero-order chi connectivity index (χ0) is 15.0. The smallest absolute Gasteiger partial charge is 0.264 e. The van der Waals surface area contributed by atoms with Gasteiger partial charge in [-0.05, 0) is 30.3 Å². The number of fused-ring (bicyclic) bond motifs is 1. The molecule has 0 saturated carbocycles. The molecule has 0 atom stereocenters. The van der Waals surface area contributed by atoms with E-state index in [1.807, 2.05) is 0 Å². The first kappa shape index (κ1) is 13.8. The molecule has 0 bridgehead atoms. The highest BCUT2D eigenvalue weighted by molar-refractivity contribution is 7.92. The Bertz CT molecular complexity index is 924. The molecule has 0 spiro atoms. The van der Waals surface area contributed by atoms with Crippen LogP contribution in [-0.4, -0.2) is 18.6 Å². The molecule has 3 aromatic rings. The average molecular weight is 326 g/mol. The Morgan fingerprint density at radius 1 is 1.19 bits per heavy atom. The molecule has 0 unspecified atom stereocenters. The summed E-state index contributed by atoms with van der Waals surface area (Å²) < 4.78 is 40.1. The third-order valence-corrected chi connectivity index (χ3v) is 4.70. The summed E-state index contributed by atoms with van der Waals surface area (Å²) in [7, 11) is -4.03. The second-order valence-electron chi connectivity index (χ2n) is 4.30. The number of sulfonamides is 1. The molecule has 0 amide bonds. The number of nitrogens with one attached hydrogen (secondary N) is 2. The van der Waals surface area contributed by atoms with E-state index in [-0.39, 0.29) is 15.7 Å². The van der Waals surface area contributed by atoms with E-state index in [0.29, 0.717) is 10.9 Å². The van der Waals surface area contributed by atoms with Crippen molar-refractivity contribution in [3.8, 4) is 0 Å². The van der Waals surface area contributed by atoms with Gasteiger partial charge in [-0.15, -0.1) is 0 Å². The summed E-state index contributed by atoms with van der Waals surface area (Å²) in [6, 6.07) is 10.2. The lowest BCUT2D eigenvalue weighted by Gasteiger charge is -2.07. The maximum atomic E-state index is 13.2. The van der Waals surface area contributed by atoms with Crippen molar-refractivity contribution in [2.75, 3.05) is 4.72 Å². The normalized spacial score (nSPS) is 11.7. The van der Waals surface area contributed by atoms with Crippen LogP contribution >= 0.6 is 11.6 Å². The van der Waals surface area contributed by atoms with Crippen LogP contribution in [0.25, 0.3) is 10.9 Å². The van der Waals surface area contributed by atoms with Crippen molar-refractivity contribution in [1.82, 2.24) is 10.2 Å². The number of hydrogen-bond donors (Lipinski definition) is 2. The molecule has 0 fully saturated rings. The number of halogens is 2. The van der Waals surface area contributed by atoms with Crippen molar-refractivity contribution in [2.24, 2.45) is 0 Å². The SMILES string of the molecule is O=S(=O)(Nc1n[nH]c2ccccc12)c1cc(F)ccc1Cl. The molecule has 0 aliphatic carbocycles. The summed E-state index contributed by atoms with van der Waals surface area (Å²) in [6.45, 7) is 0. The Balaban J connectivity index is 2.05. The fourth-order valence-corrected chi connectivity index (χ4v) is 3.44. The van der Waals surface area contributed by atoms with Gasteiger partial charge in [-0.1, -0.05) is 23.7 Å². The van der Waals surface area contributed by atoms with Gasteiger partial charge in [-0.25, -0.2) is 12.8 Å². The fourth-order valence-electron chi connectivity index (χ4n) is 1.91. The number of nitrogens with zero attached hydrogens (tertiary/aromatic N) is 1. The number of aromatic amines is 1. The first-order chi connectivity index (χ1) is 9.97. The lowest BCUT2D eigenvalue weighted by molar-refractivity contribution is 0.595. The molecule has 1 aromatic heterocycles. The van der Waals surface area contributed by atoms with E-state index in [0.717, 1.165) is 12.1 Å². The number of rotatable bonds is 3. The van der Waals surface area contributed by atoms with Gasteiger partial charge in [0.1, 0.15) is 10.7 Å². The van der Waals surface area contributed by atoms with E-state index in [4.69, 9.17) is 11.6 Å². The lowest BCUT2D eigenvalue weighted by atomic mass is 10.2. The van der Waals surface area contributed by atoms with E-state index in [1.54, 1.807) is 24.3 Å². The zero-order valence-corrected chi connectivity index (χ0v) is 12.0. The van der Waals surface area contributed by atoms with E-state index in [1.165, 1.54) is 6.07 Å². The highest BCUT2D eigenvalue weighted by Crippen LogP contribution is 2.26. The minimum absolute atomic E-state index is 0.0660. The van der Waals surface area contributed by atoms with Crippen molar-refractivity contribution >= 4 is 38.3 Å². The molecule has 0 saturated heterocycles. The largest absolute Gasteiger partial charge is 0.276 e. The molecular weight excluding hydrogens is 317 g/mol.